The first-order chi connectivity index (χ1) is 7.68. The molecule has 3 rings (SSSR count). The van der Waals surface area contributed by atoms with E-state index in [0.29, 0.717) is 0 Å². The van der Waals surface area contributed by atoms with Gasteiger partial charge in [-0.3, -0.25) is 4.57 Å². The molecule has 3 heteroatoms. The van der Waals surface area contributed by atoms with Crippen LogP contribution in [-0.4, -0.2) is 6.66 Å². The van der Waals surface area contributed by atoms with Crippen molar-refractivity contribution in [3.63, 3.8) is 0 Å². The van der Waals surface area contributed by atoms with Crippen molar-refractivity contribution >= 4 is 12.9 Å². The minimum Gasteiger partial charge on any atom is -0.439 e. The molecule has 0 saturated heterocycles. The lowest BCUT2D eigenvalue weighted by Crippen LogP contribution is -2.07. The van der Waals surface area contributed by atoms with Gasteiger partial charge in [-0.15, -0.1) is 0 Å². The fraction of sp³-hybridized carbons (Fsp3) is 0.231. The summed E-state index contributed by atoms with van der Waals surface area (Å²) >= 11 is 0. The molecule has 0 saturated carbocycles. The van der Waals surface area contributed by atoms with Crippen LogP contribution in [0.15, 0.2) is 41.7 Å². The van der Waals surface area contributed by atoms with Crippen molar-refractivity contribution in [3.8, 4) is 5.75 Å². The molecule has 0 fully saturated rings. The summed E-state index contributed by atoms with van der Waals surface area (Å²) in [5.74, 6) is 0.766. The Hall–Kier alpha value is -1.27. The predicted octanol–water partition coefficient (Wildman–Crippen LogP) is 4.05. The maximum atomic E-state index is 12.4. The van der Waals surface area contributed by atoms with Gasteiger partial charge >= 0.3 is 0 Å². The molecule has 0 N–H and O–H groups in total. The van der Waals surface area contributed by atoms with E-state index in [2.05, 4.69) is 6.08 Å². The summed E-state index contributed by atoms with van der Waals surface area (Å²) in [5, 5.41) is 0.900. The van der Waals surface area contributed by atoms with Crippen LogP contribution in [0.4, 0.5) is 0 Å². The number of allylic oxidation sites excluding steroid dienone is 4. The number of hydrogen-bond acceptors (Lipinski definition) is 2. The lowest BCUT2D eigenvalue weighted by atomic mass is 9.96. The molecule has 0 bridgehead atoms. The van der Waals surface area contributed by atoms with Crippen LogP contribution in [0, 0.1) is 0 Å². The maximum absolute atomic E-state index is 12.4. The number of fused-ring (bicyclic) bond motifs is 2. The molecule has 1 atom stereocenters. The Labute approximate surface area is 95.1 Å². The van der Waals surface area contributed by atoms with Gasteiger partial charge in [-0.25, -0.2) is 0 Å². The number of benzene rings is 1. The lowest BCUT2D eigenvalue weighted by molar-refractivity contribution is 0.492. The zero-order chi connectivity index (χ0) is 11.2. The van der Waals surface area contributed by atoms with E-state index in [1.165, 1.54) is 5.57 Å². The molecule has 1 heterocycles. The molecule has 2 aliphatic rings. The molecule has 0 aromatic heterocycles. The zero-order valence-electron chi connectivity index (χ0n) is 9.14. The molecule has 0 spiro atoms. The maximum Gasteiger partial charge on any atom is 0.274 e. The van der Waals surface area contributed by atoms with Crippen LogP contribution in [0.2, 0.25) is 0 Å². The summed E-state index contributed by atoms with van der Waals surface area (Å²) in [4.78, 5) is 0. The number of rotatable bonds is 0. The van der Waals surface area contributed by atoms with Crippen molar-refractivity contribution in [2.24, 2.45) is 0 Å². The summed E-state index contributed by atoms with van der Waals surface area (Å²) in [7, 11) is -2.66. The molecule has 16 heavy (non-hydrogen) atoms. The van der Waals surface area contributed by atoms with E-state index in [0.717, 1.165) is 29.5 Å². The minimum absolute atomic E-state index is 0.766. The van der Waals surface area contributed by atoms with E-state index >= 15 is 0 Å². The fourth-order valence-electron chi connectivity index (χ4n) is 2.34. The minimum atomic E-state index is -2.66. The zero-order valence-corrected chi connectivity index (χ0v) is 10.0. The average molecular weight is 232 g/mol. The topological polar surface area (TPSA) is 26.3 Å². The summed E-state index contributed by atoms with van der Waals surface area (Å²) < 4.78 is 18.1. The summed E-state index contributed by atoms with van der Waals surface area (Å²) in [6.45, 7) is 1.70. The van der Waals surface area contributed by atoms with Crippen molar-refractivity contribution in [1.29, 1.82) is 0 Å². The monoisotopic (exact) mass is 232 g/mol. The van der Waals surface area contributed by atoms with E-state index in [-0.39, 0.29) is 0 Å². The largest absolute Gasteiger partial charge is 0.439 e. The van der Waals surface area contributed by atoms with Gasteiger partial charge in [-0.1, -0.05) is 30.4 Å². The van der Waals surface area contributed by atoms with Gasteiger partial charge in [0.2, 0.25) is 0 Å². The van der Waals surface area contributed by atoms with Gasteiger partial charge in [0.25, 0.3) is 7.37 Å². The van der Waals surface area contributed by atoms with Crippen molar-refractivity contribution in [2.45, 2.75) is 12.8 Å². The van der Waals surface area contributed by atoms with Crippen molar-refractivity contribution in [1.82, 2.24) is 0 Å². The van der Waals surface area contributed by atoms with Gasteiger partial charge in [0.1, 0.15) is 5.75 Å². The average Bonchev–Trinajstić information content (AvgIpc) is 2.29. The van der Waals surface area contributed by atoms with Crippen LogP contribution in [0.1, 0.15) is 18.4 Å². The molecule has 1 aliphatic heterocycles. The third-order valence-corrected chi connectivity index (χ3v) is 4.91. The second kappa shape index (κ2) is 3.36. The van der Waals surface area contributed by atoms with Gasteiger partial charge in [0.05, 0.1) is 5.31 Å². The summed E-state index contributed by atoms with van der Waals surface area (Å²) in [6.07, 6.45) is 6.03. The summed E-state index contributed by atoms with van der Waals surface area (Å²) in [6, 6.07) is 7.86. The van der Waals surface area contributed by atoms with Crippen LogP contribution in [-0.2, 0) is 4.57 Å². The van der Waals surface area contributed by atoms with Crippen LogP contribution in [0.3, 0.4) is 0 Å². The molecule has 1 aliphatic carbocycles. The SMILES string of the molecule is CP1(=O)Oc2ccccc2C2=C1C=CCC2. The van der Waals surface area contributed by atoms with Gasteiger partial charge in [0, 0.05) is 12.2 Å². The normalized spacial score (nSPS) is 27.1. The Morgan fingerprint density at radius 2 is 2.12 bits per heavy atom. The van der Waals surface area contributed by atoms with E-state index in [9.17, 15) is 4.57 Å². The molecule has 1 aromatic rings. The molecule has 2 nitrogen and oxygen atoms in total. The van der Waals surface area contributed by atoms with Gasteiger partial charge in [0.15, 0.2) is 0 Å². The van der Waals surface area contributed by atoms with Crippen molar-refractivity contribution in [2.75, 3.05) is 6.66 Å². The van der Waals surface area contributed by atoms with E-state index in [4.69, 9.17) is 4.52 Å². The van der Waals surface area contributed by atoms with Crippen molar-refractivity contribution in [3.05, 3.63) is 47.3 Å². The molecule has 1 aromatic carbocycles. The third kappa shape index (κ3) is 1.37. The second-order valence-corrected chi connectivity index (χ2v) is 6.59. The molecular weight excluding hydrogens is 219 g/mol. The highest BCUT2D eigenvalue weighted by Gasteiger charge is 2.33. The standard InChI is InChI=1S/C13H13O2P/c1-16(14)13-9-5-3-7-11(13)10-6-2-4-8-12(10)15-16/h2,4-6,8-9H,3,7H2,1H3. The first kappa shape index (κ1) is 9.92. The van der Waals surface area contributed by atoms with Crippen LogP contribution < -0.4 is 4.52 Å². The molecule has 1 unspecified atom stereocenters. The molecule has 0 radical (unpaired) electrons. The fourth-order valence-corrected chi connectivity index (χ4v) is 4.07. The Morgan fingerprint density at radius 1 is 1.31 bits per heavy atom. The van der Waals surface area contributed by atoms with Crippen LogP contribution >= 0.6 is 7.37 Å². The highest BCUT2D eigenvalue weighted by molar-refractivity contribution is 7.63. The first-order valence-corrected chi connectivity index (χ1v) is 7.52. The Bertz CT molecular complexity index is 555. The number of hydrogen-bond donors (Lipinski definition) is 0. The Kier molecular flexibility index (Phi) is 2.08. The van der Waals surface area contributed by atoms with Crippen molar-refractivity contribution < 1.29 is 9.09 Å². The van der Waals surface area contributed by atoms with E-state index in [1.807, 2.05) is 30.3 Å². The smallest absolute Gasteiger partial charge is 0.274 e. The quantitative estimate of drug-likeness (QED) is 0.631. The van der Waals surface area contributed by atoms with Crippen LogP contribution in [0.25, 0.3) is 5.57 Å². The van der Waals surface area contributed by atoms with Gasteiger partial charge in [-0.05, 0) is 24.5 Å². The predicted molar refractivity (Wildman–Crippen MR) is 65.9 cm³/mol. The van der Waals surface area contributed by atoms with E-state index < -0.39 is 7.37 Å². The van der Waals surface area contributed by atoms with E-state index in [1.54, 1.807) is 6.66 Å². The highest BCUT2D eigenvalue weighted by atomic mass is 31.2. The molecule has 82 valence electrons. The lowest BCUT2D eigenvalue weighted by Gasteiger charge is -2.29. The van der Waals surface area contributed by atoms with Gasteiger partial charge < -0.3 is 4.52 Å². The summed E-state index contributed by atoms with van der Waals surface area (Å²) in [5.41, 5.74) is 2.31. The highest BCUT2D eigenvalue weighted by Crippen LogP contribution is 2.60. The second-order valence-electron chi connectivity index (χ2n) is 4.24. The third-order valence-electron chi connectivity index (χ3n) is 3.07. The molecule has 0 amide bonds. The van der Waals surface area contributed by atoms with Crippen LogP contribution in [0.5, 0.6) is 5.75 Å². The Morgan fingerprint density at radius 3 is 3.00 bits per heavy atom. The number of para-hydroxylation sites is 1. The first-order valence-electron chi connectivity index (χ1n) is 5.45. The Balaban J connectivity index is 2.29. The molecular formula is C13H13O2P. The van der Waals surface area contributed by atoms with Gasteiger partial charge in [-0.2, -0.15) is 0 Å².